The summed E-state index contributed by atoms with van der Waals surface area (Å²) in [7, 11) is -1.46. The van der Waals surface area contributed by atoms with Gasteiger partial charge < -0.3 is 19.1 Å². The van der Waals surface area contributed by atoms with Crippen molar-refractivity contribution in [2.24, 2.45) is 0 Å². The Kier molecular flexibility index (Phi) is 9.17. The van der Waals surface area contributed by atoms with Gasteiger partial charge in [-0.1, -0.05) is 6.07 Å². The molecule has 0 saturated carbocycles. The summed E-state index contributed by atoms with van der Waals surface area (Å²) in [6.07, 6.45) is 1.60. The molecule has 2 heterocycles. The zero-order valence-electron chi connectivity index (χ0n) is 20.8. The first kappa shape index (κ1) is 29.9. The summed E-state index contributed by atoms with van der Waals surface area (Å²) in [6.45, 7) is 5.18. The molecule has 0 aliphatic carbocycles. The molecular formula is C25H26N3NaO7S2. The number of aryl methyl sites for hydroxylation is 2. The number of carboxylic acids is 1. The number of fused-ring (bicyclic) bond motifs is 1. The van der Waals surface area contributed by atoms with Gasteiger partial charge in [0, 0.05) is 34.6 Å². The van der Waals surface area contributed by atoms with Gasteiger partial charge in [0.2, 0.25) is 0 Å². The van der Waals surface area contributed by atoms with Crippen molar-refractivity contribution in [1.29, 1.82) is 0 Å². The van der Waals surface area contributed by atoms with E-state index in [0.717, 1.165) is 15.6 Å². The topological polar surface area (TPSA) is 144 Å². The molecule has 0 bridgehead atoms. The number of rotatable bonds is 8. The van der Waals surface area contributed by atoms with E-state index in [4.69, 9.17) is 9.47 Å². The zero-order valence-corrected chi connectivity index (χ0v) is 22.4. The van der Waals surface area contributed by atoms with Gasteiger partial charge in [-0.25, -0.2) is 13.2 Å². The van der Waals surface area contributed by atoms with E-state index in [-0.39, 0.29) is 62.0 Å². The standard InChI is InChI=1S/C25H25N3O7S2.Na.H/c1-14-6-7-17(24(29)30)10-22(14)37(32,33)28-21-11-18(34-4)8-9-19(21)27-25(28)36(31)13-20-16(3)23(35-5)15(2)12-26-20;;/h6-12H,13H2,1-5H3,(H,29,30);;. The van der Waals surface area contributed by atoms with Crippen LogP contribution in [0.1, 0.15) is 32.7 Å². The molecule has 0 saturated heterocycles. The van der Waals surface area contributed by atoms with E-state index in [1.54, 1.807) is 32.2 Å². The Bertz CT molecular complexity index is 1640. The number of hydrogen-bond acceptors (Lipinski definition) is 8. The van der Waals surface area contributed by atoms with Crippen molar-refractivity contribution in [3.8, 4) is 11.5 Å². The Morgan fingerprint density at radius 3 is 2.42 bits per heavy atom. The molecule has 0 aliphatic heterocycles. The van der Waals surface area contributed by atoms with Gasteiger partial charge >= 0.3 is 40.7 Å². The third-order valence-electron chi connectivity index (χ3n) is 5.97. The van der Waals surface area contributed by atoms with Crippen LogP contribution < -0.4 is 9.47 Å². The summed E-state index contributed by atoms with van der Waals surface area (Å²) < 4.78 is 53.3. The van der Waals surface area contributed by atoms with E-state index in [0.29, 0.717) is 28.3 Å². The summed E-state index contributed by atoms with van der Waals surface area (Å²) in [4.78, 5) is 20.1. The van der Waals surface area contributed by atoms with E-state index < -0.39 is 27.2 Å². The average molecular weight is 568 g/mol. The molecule has 4 rings (SSSR count). The van der Waals surface area contributed by atoms with Crippen LogP contribution in [0.2, 0.25) is 0 Å². The average Bonchev–Trinajstić information content (AvgIpc) is 3.25. The van der Waals surface area contributed by atoms with Crippen LogP contribution in [0.4, 0.5) is 0 Å². The number of nitrogens with zero attached hydrogens (tertiary/aromatic N) is 3. The number of carboxylic acid groups (broad SMARTS) is 1. The first-order valence-electron chi connectivity index (χ1n) is 11.0. The Morgan fingerprint density at radius 2 is 1.79 bits per heavy atom. The van der Waals surface area contributed by atoms with E-state index >= 15 is 0 Å². The SMILES string of the molecule is COc1ccc2nc([S+]([O-])Cc3ncc(C)c(OC)c3C)n(S(=O)(=O)c3cc(C(=O)O)ccc3C)c2c1.[NaH]. The summed E-state index contributed by atoms with van der Waals surface area (Å²) >= 11 is -1.96. The number of pyridine rings is 1. The zero-order chi connectivity index (χ0) is 27.1. The van der Waals surface area contributed by atoms with Crippen LogP contribution in [0.3, 0.4) is 0 Å². The summed E-state index contributed by atoms with van der Waals surface area (Å²) in [5.74, 6) is -0.411. The Hall–Kier alpha value is -2.61. The Labute approximate surface area is 245 Å². The van der Waals surface area contributed by atoms with Crippen molar-refractivity contribution in [3.63, 3.8) is 0 Å². The molecule has 0 aliphatic rings. The summed E-state index contributed by atoms with van der Waals surface area (Å²) in [5, 5.41) is 9.22. The molecular weight excluding hydrogens is 541 g/mol. The van der Waals surface area contributed by atoms with Crippen LogP contribution in [0.15, 0.2) is 52.6 Å². The van der Waals surface area contributed by atoms with Crippen LogP contribution in [0.25, 0.3) is 11.0 Å². The first-order chi connectivity index (χ1) is 17.5. The van der Waals surface area contributed by atoms with Gasteiger partial charge in [0.15, 0.2) is 5.75 Å². The van der Waals surface area contributed by atoms with Crippen molar-refractivity contribution >= 4 is 67.8 Å². The van der Waals surface area contributed by atoms with Crippen molar-refractivity contribution in [2.75, 3.05) is 14.2 Å². The molecule has 0 fully saturated rings. The molecule has 0 spiro atoms. The number of benzene rings is 2. The van der Waals surface area contributed by atoms with Crippen molar-refractivity contribution in [1.82, 2.24) is 13.9 Å². The fourth-order valence-corrected chi connectivity index (χ4v) is 7.32. The molecule has 38 heavy (non-hydrogen) atoms. The molecule has 1 atom stereocenters. The molecule has 0 radical (unpaired) electrons. The second-order valence-electron chi connectivity index (χ2n) is 8.34. The Balaban J connectivity index is 0.00000400. The number of aromatic nitrogens is 3. The van der Waals surface area contributed by atoms with Gasteiger partial charge in [-0.15, -0.1) is 0 Å². The van der Waals surface area contributed by atoms with Crippen LogP contribution in [0.5, 0.6) is 11.5 Å². The second kappa shape index (κ2) is 11.6. The van der Waals surface area contributed by atoms with Gasteiger partial charge in [-0.05, 0) is 50.6 Å². The van der Waals surface area contributed by atoms with Crippen molar-refractivity contribution in [3.05, 3.63) is 70.5 Å². The van der Waals surface area contributed by atoms with Gasteiger partial charge in [0.1, 0.15) is 11.5 Å². The van der Waals surface area contributed by atoms with Gasteiger partial charge in [-0.2, -0.15) is 8.96 Å². The maximum absolute atomic E-state index is 14.0. The first-order valence-corrected chi connectivity index (χ1v) is 13.8. The quantitative estimate of drug-likeness (QED) is 0.251. The predicted octanol–water partition coefficient (Wildman–Crippen LogP) is 2.97. The van der Waals surface area contributed by atoms with Crippen molar-refractivity contribution in [2.45, 2.75) is 36.6 Å². The molecule has 0 amide bonds. The summed E-state index contributed by atoms with van der Waals surface area (Å²) in [5.41, 5.74) is 2.53. The molecule has 2 aromatic heterocycles. The molecule has 13 heteroatoms. The molecule has 10 nitrogen and oxygen atoms in total. The number of ether oxygens (including phenoxy) is 2. The monoisotopic (exact) mass is 567 g/mol. The number of methoxy groups -OCH3 is 2. The van der Waals surface area contributed by atoms with Crippen LogP contribution in [0, 0.1) is 20.8 Å². The van der Waals surface area contributed by atoms with Gasteiger partial charge in [0.05, 0.1) is 41.4 Å². The molecule has 4 aromatic rings. The second-order valence-corrected chi connectivity index (χ2v) is 11.4. The molecule has 2 aromatic carbocycles. The molecule has 196 valence electrons. The molecule has 1 N–H and O–H groups in total. The fourth-order valence-electron chi connectivity index (χ4n) is 4.03. The number of carbonyl (C=O) groups is 1. The third kappa shape index (κ3) is 5.42. The van der Waals surface area contributed by atoms with Gasteiger partial charge in [0.25, 0.3) is 10.0 Å². The summed E-state index contributed by atoms with van der Waals surface area (Å²) in [6, 6.07) is 8.49. The minimum atomic E-state index is -4.43. The minimum absolute atomic E-state index is 0. The number of aromatic carboxylic acids is 1. The normalized spacial score (nSPS) is 12.2. The van der Waals surface area contributed by atoms with E-state index in [9.17, 15) is 22.9 Å². The number of imidazole rings is 1. The Morgan fingerprint density at radius 1 is 1.08 bits per heavy atom. The maximum atomic E-state index is 14.0. The van der Waals surface area contributed by atoms with Crippen LogP contribution >= 0.6 is 0 Å². The van der Waals surface area contributed by atoms with E-state index in [2.05, 4.69) is 9.97 Å². The van der Waals surface area contributed by atoms with Crippen LogP contribution in [-0.2, 0) is 27.0 Å². The van der Waals surface area contributed by atoms with E-state index in [1.165, 1.54) is 32.4 Å². The van der Waals surface area contributed by atoms with Crippen LogP contribution in [-0.4, -0.2) is 81.8 Å². The van der Waals surface area contributed by atoms with Crippen molar-refractivity contribution < 1.29 is 32.3 Å². The number of hydrogen-bond donors (Lipinski definition) is 1. The predicted molar refractivity (Wildman–Crippen MR) is 145 cm³/mol. The van der Waals surface area contributed by atoms with Gasteiger partial charge in [-0.3, -0.25) is 4.98 Å². The third-order valence-corrected chi connectivity index (χ3v) is 9.14. The molecule has 1 unspecified atom stereocenters. The van der Waals surface area contributed by atoms with E-state index in [1.807, 2.05) is 6.92 Å². The fraction of sp³-hybridized carbons (Fsp3) is 0.240.